The molecule has 1 nitrogen and oxygen atoms in total. The monoisotopic (exact) mass is 363 g/mol. The van der Waals surface area contributed by atoms with Crippen LogP contribution in [0.15, 0.2) is 80.3 Å². The highest BCUT2D eigenvalue weighted by Crippen LogP contribution is 2.32. The van der Waals surface area contributed by atoms with Gasteiger partial charge in [0.2, 0.25) is 0 Å². The zero-order chi connectivity index (χ0) is 17.8. The van der Waals surface area contributed by atoms with E-state index >= 15 is 0 Å². The van der Waals surface area contributed by atoms with E-state index < -0.39 is 0 Å². The van der Waals surface area contributed by atoms with Crippen molar-refractivity contribution in [1.29, 1.82) is 0 Å². The summed E-state index contributed by atoms with van der Waals surface area (Å²) in [7, 11) is 0. The van der Waals surface area contributed by atoms with Crippen LogP contribution < -0.4 is 0 Å². The first-order valence-corrected chi connectivity index (χ1v) is 9.48. The second-order valence-corrected chi connectivity index (χ2v) is 7.69. The molecule has 0 N–H and O–H groups in total. The first-order valence-electron chi connectivity index (χ1n) is 8.21. The van der Waals surface area contributed by atoms with Crippen LogP contribution in [0.2, 0.25) is 0 Å². The number of aliphatic imine (C=N–C) groups is 1. The summed E-state index contributed by atoms with van der Waals surface area (Å²) in [6.45, 7) is 6.27. The summed E-state index contributed by atoms with van der Waals surface area (Å²) >= 11 is 6.44. The Kier molecular flexibility index (Phi) is 5.67. The van der Waals surface area contributed by atoms with Gasteiger partial charge in [0.15, 0.2) is 0 Å². The Bertz CT molecular complexity index is 895. The summed E-state index contributed by atoms with van der Waals surface area (Å²) in [6.07, 6.45) is 1.93. The van der Waals surface area contributed by atoms with Crippen LogP contribution in [-0.2, 0) is 0 Å². The number of benzene rings is 3. The number of hydrogen-bond donors (Lipinski definition) is 1. The van der Waals surface area contributed by atoms with Crippen molar-refractivity contribution < 1.29 is 0 Å². The number of para-hydroxylation sites is 1. The molecular weight excluding hydrogens is 342 g/mol. The Balaban J connectivity index is 1.94. The summed E-state index contributed by atoms with van der Waals surface area (Å²) < 4.78 is 0. The Morgan fingerprint density at radius 2 is 1.48 bits per heavy atom. The minimum Gasteiger partial charge on any atom is -0.256 e. The van der Waals surface area contributed by atoms with Crippen LogP contribution >= 0.6 is 24.4 Å². The van der Waals surface area contributed by atoms with Crippen LogP contribution in [0.25, 0.3) is 0 Å². The smallest absolute Gasteiger partial charge is 0.0688 e. The topological polar surface area (TPSA) is 12.4 Å². The standard InChI is InChI=1S/C22H21NS2/c1-15-8-7-9-16(2)21(15)23-14-18-13-20(12-17(3)22(18)24)25-19-10-5-4-6-11-19/h4-14,24H,1-3H3. The van der Waals surface area contributed by atoms with E-state index in [0.29, 0.717) is 0 Å². The molecule has 0 radical (unpaired) electrons. The Labute approximate surface area is 159 Å². The normalized spacial score (nSPS) is 11.2. The fourth-order valence-corrected chi connectivity index (χ4v) is 3.87. The molecule has 0 heterocycles. The lowest BCUT2D eigenvalue weighted by molar-refractivity contribution is 1.23. The molecule has 0 fully saturated rings. The lowest BCUT2D eigenvalue weighted by Gasteiger charge is -2.09. The van der Waals surface area contributed by atoms with Crippen LogP contribution in [0.1, 0.15) is 22.3 Å². The highest BCUT2D eigenvalue weighted by atomic mass is 32.2. The van der Waals surface area contributed by atoms with Crippen LogP contribution in [0.5, 0.6) is 0 Å². The van der Waals surface area contributed by atoms with Crippen LogP contribution in [0.3, 0.4) is 0 Å². The van der Waals surface area contributed by atoms with Gasteiger partial charge in [0.05, 0.1) is 5.69 Å². The lowest BCUT2D eigenvalue weighted by Crippen LogP contribution is -1.90. The average Bonchev–Trinajstić information content (AvgIpc) is 2.59. The molecule has 0 aromatic heterocycles. The molecule has 3 rings (SSSR count). The van der Waals surface area contributed by atoms with E-state index in [0.717, 1.165) is 21.7 Å². The second kappa shape index (κ2) is 7.94. The van der Waals surface area contributed by atoms with Crippen LogP contribution in [0, 0.1) is 20.8 Å². The summed E-state index contributed by atoms with van der Waals surface area (Å²) in [5.74, 6) is 0. The van der Waals surface area contributed by atoms with Crippen LogP contribution in [0.4, 0.5) is 5.69 Å². The minimum atomic E-state index is 0.979. The van der Waals surface area contributed by atoms with Gasteiger partial charge >= 0.3 is 0 Å². The van der Waals surface area contributed by atoms with Gasteiger partial charge in [-0.2, -0.15) is 0 Å². The number of rotatable bonds is 4. The van der Waals surface area contributed by atoms with Gasteiger partial charge in [-0.05, 0) is 61.7 Å². The van der Waals surface area contributed by atoms with E-state index in [1.165, 1.54) is 20.9 Å². The Hall–Kier alpha value is -1.97. The van der Waals surface area contributed by atoms with E-state index in [1.54, 1.807) is 11.8 Å². The summed E-state index contributed by atoms with van der Waals surface area (Å²) in [4.78, 5) is 8.15. The molecule has 0 amide bonds. The van der Waals surface area contributed by atoms with Gasteiger partial charge in [-0.15, -0.1) is 12.6 Å². The maximum absolute atomic E-state index is 4.74. The van der Waals surface area contributed by atoms with Gasteiger partial charge < -0.3 is 0 Å². The highest BCUT2D eigenvalue weighted by molar-refractivity contribution is 7.99. The molecule has 0 bridgehead atoms. The molecule has 0 spiro atoms. The van der Waals surface area contributed by atoms with Gasteiger partial charge in [-0.1, -0.05) is 48.2 Å². The molecule has 3 aromatic carbocycles. The van der Waals surface area contributed by atoms with Crippen molar-refractivity contribution >= 4 is 36.3 Å². The van der Waals surface area contributed by atoms with Crippen molar-refractivity contribution in [2.24, 2.45) is 4.99 Å². The molecular formula is C22H21NS2. The van der Waals surface area contributed by atoms with E-state index in [9.17, 15) is 0 Å². The quantitative estimate of drug-likeness (QED) is 0.397. The van der Waals surface area contributed by atoms with Gasteiger partial charge in [0.1, 0.15) is 0 Å². The summed E-state index contributed by atoms with van der Waals surface area (Å²) in [6, 6.07) is 21.0. The van der Waals surface area contributed by atoms with Gasteiger partial charge in [0, 0.05) is 26.5 Å². The fraction of sp³-hybridized carbons (Fsp3) is 0.136. The van der Waals surface area contributed by atoms with Crippen molar-refractivity contribution in [2.45, 2.75) is 35.5 Å². The highest BCUT2D eigenvalue weighted by Gasteiger charge is 2.06. The average molecular weight is 364 g/mol. The summed E-state index contributed by atoms with van der Waals surface area (Å²) in [5.41, 5.74) is 5.61. The largest absolute Gasteiger partial charge is 0.256 e. The van der Waals surface area contributed by atoms with Crippen molar-refractivity contribution in [2.75, 3.05) is 0 Å². The third-order valence-corrected chi connectivity index (χ3v) is 5.64. The third-order valence-electron chi connectivity index (χ3n) is 4.05. The molecule has 25 heavy (non-hydrogen) atoms. The van der Waals surface area contributed by atoms with E-state index in [4.69, 9.17) is 4.99 Å². The molecule has 126 valence electrons. The number of nitrogens with zero attached hydrogens (tertiary/aromatic N) is 1. The number of aryl methyl sites for hydroxylation is 3. The molecule has 0 saturated heterocycles. The Morgan fingerprint density at radius 3 is 2.16 bits per heavy atom. The third kappa shape index (κ3) is 4.36. The first kappa shape index (κ1) is 17.8. The van der Waals surface area contributed by atoms with Crippen LogP contribution in [-0.4, -0.2) is 6.21 Å². The van der Waals surface area contributed by atoms with Crippen molar-refractivity contribution in [1.82, 2.24) is 0 Å². The molecule has 0 atom stereocenters. The zero-order valence-electron chi connectivity index (χ0n) is 14.7. The molecule has 0 aliphatic heterocycles. The van der Waals surface area contributed by atoms with Gasteiger partial charge in [-0.25, -0.2) is 0 Å². The number of hydrogen-bond acceptors (Lipinski definition) is 3. The SMILES string of the molecule is Cc1cc(Sc2ccccc2)cc(C=Nc2c(C)cccc2C)c1S. The predicted molar refractivity (Wildman–Crippen MR) is 112 cm³/mol. The minimum absolute atomic E-state index is 0.979. The fourth-order valence-electron chi connectivity index (χ4n) is 2.70. The maximum Gasteiger partial charge on any atom is 0.0688 e. The Morgan fingerprint density at radius 1 is 0.800 bits per heavy atom. The van der Waals surface area contributed by atoms with Crippen molar-refractivity contribution in [3.8, 4) is 0 Å². The first-order chi connectivity index (χ1) is 12.0. The second-order valence-electron chi connectivity index (χ2n) is 6.09. The van der Waals surface area contributed by atoms with Gasteiger partial charge in [0.25, 0.3) is 0 Å². The zero-order valence-corrected chi connectivity index (χ0v) is 16.4. The summed E-state index contributed by atoms with van der Waals surface area (Å²) in [5, 5.41) is 0. The molecule has 0 unspecified atom stereocenters. The number of thiol groups is 1. The maximum atomic E-state index is 4.74. The molecule has 0 aliphatic rings. The predicted octanol–water partition coefficient (Wildman–Crippen LogP) is 6.80. The van der Waals surface area contributed by atoms with E-state index in [1.807, 2.05) is 12.3 Å². The molecule has 0 saturated carbocycles. The van der Waals surface area contributed by atoms with E-state index in [-0.39, 0.29) is 0 Å². The van der Waals surface area contributed by atoms with Crippen molar-refractivity contribution in [3.05, 3.63) is 82.9 Å². The molecule has 3 heteroatoms. The van der Waals surface area contributed by atoms with E-state index in [2.05, 4.69) is 88.0 Å². The van der Waals surface area contributed by atoms with Gasteiger partial charge in [-0.3, -0.25) is 4.99 Å². The van der Waals surface area contributed by atoms with Crippen molar-refractivity contribution in [3.63, 3.8) is 0 Å². The lowest BCUT2D eigenvalue weighted by atomic mass is 10.1. The molecule has 3 aromatic rings. The molecule has 0 aliphatic carbocycles.